The minimum Gasteiger partial charge on any atom is -0.316 e. The first-order valence-electron chi connectivity index (χ1n) is 5.97. The molecule has 1 atom stereocenters. The number of carbonyl (C=O) groups is 1. The van der Waals surface area contributed by atoms with Crippen LogP contribution in [0.25, 0.3) is 0 Å². The molecule has 18 heavy (non-hydrogen) atoms. The Morgan fingerprint density at radius 3 is 3.00 bits per heavy atom. The van der Waals surface area contributed by atoms with E-state index in [2.05, 4.69) is 21.2 Å². The quantitative estimate of drug-likeness (QED) is 0.672. The third kappa shape index (κ3) is 3.11. The van der Waals surface area contributed by atoms with Gasteiger partial charge in [-0.25, -0.2) is 4.39 Å². The summed E-state index contributed by atoms with van der Waals surface area (Å²) >= 11 is 8.92. The van der Waals surface area contributed by atoms with E-state index in [1.54, 1.807) is 6.07 Å². The van der Waals surface area contributed by atoms with Crippen molar-refractivity contribution in [2.24, 2.45) is 5.92 Å². The number of carbonyl (C=O) groups excluding carboxylic acids is 1. The van der Waals surface area contributed by atoms with Crippen LogP contribution in [0.4, 0.5) is 4.39 Å². The first kappa shape index (κ1) is 14.0. The minimum absolute atomic E-state index is 0.0254. The lowest BCUT2D eigenvalue weighted by molar-refractivity contribution is 0.0950. The zero-order valence-electron chi connectivity index (χ0n) is 9.81. The van der Waals surface area contributed by atoms with Gasteiger partial charge in [0.05, 0.1) is 10.6 Å². The van der Waals surface area contributed by atoms with Gasteiger partial charge in [-0.15, -0.1) is 0 Å². The lowest BCUT2D eigenvalue weighted by Crippen LogP contribution is -2.31. The topological polar surface area (TPSA) is 29.1 Å². The summed E-state index contributed by atoms with van der Waals surface area (Å²) in [4.78, 5) is 12.1. The zero-order valence-corrected chi connectivity index (χ0v) is 12.2. The van der Waals surface area contributed by atoms with Crippen LogP contribution in [0.3, 0.4) is 0 Å². The van der Waals surface area contributed by atoms with Crippen molar-refractivity contribution in [3.63, 3.8) is 0 Å². The molecule has 5 heteroatoms. The van der Waals surface area contributed by atoms with Crippen LogP contribution >= 0.6 is 27.5 Å². The van der Waals surface area contributed by atoms with E-state index in [1.165, 1.54) is 6.07 Å². The fraction of sp³-hybridized carbons (Fsp3) is 0.462. The molecule has 1 N–H and O–H groups in total. The molecular formula is C13H14BrClFNO. The van der Waals surface area contributed by atoms with E-state index in [0.29, 0.717) is 16.8 Å². The molecule has 1 heterocycles. The van der Waals surface area contributed by atoms with Crippen molar-refractivity contribution in [1.82, 2.24) is 5.32 Å². The number of halogens is 3. The lowest BCUT2D eigenvalue weighted by atomic mass is 9.92. The predicted octanol–water partition coefficient (Wildman–Crippen LogP) is 3.81. The molecule has 1 aromatic rings. The molecule has 98 valence electrons. The van der Waals surface area contributed by atoms with Gasteiger partial charge in [0, 0.05) is 10.9 Å². The molecule has 0 spiro atoms. The molecule has 1 aliphatic heterocycles. The highest BCUT2D eigenvalue weighted by Gasteiger charge is 2.21. The molecule has 1 unspecified atom stereocenters. The molecule has 1 aromatic carbocycles. The van der Waals surface area contributed by atoms with Gasteiger partial charge in [0.25, 0.3) is 0 Å². The highest BCUT2D eigenvalue weighted by molar-refractivity contribution is 9.10. The van der Waals surface area contributed by atoms with E-state index in [1.807, 2.05) is 0 Å². The number of rotatable bonds is 3. The average molecular weight is 335 g/mol. The van der Waals surface area contributed by atoms with Crippen LogP contribution in [-0.2, 0) is 0 Å². The van der Waals surface area contributed by atoms with Gasteiger partial charge in [0.2, 0.25) is 0 Å². The van der Waals surface area contributed by atoms with Crippen LogP contribution in [-0.4, -0.2) is 18.9 Å². The summed E-state index contributed by atoms with van der Waals surface area (Å²) in [6, 6.07) is 3.10. The number of benzene rings is 1. The summed E-state index contributed by atoms with van der Waals surface area (Å²) in [7, 11) is 0. The Bertz CT molecular complexity index is 461. The molecule has 0 amide bonds. The smallest absolute Gasteiger partial charge is 0.166 e. The van der Waals surface area contributed by atoms with Gasteiger partial charge >= 0.3 is 0 Å². The molecule has 0 bridgehead atoms. The summed E-state index contributed by atoms with van der Waals surface area (Å²) in [5.41, 5.74) is 0.0915. The maximum absolute atomic E-state index is 13.9. The van der Waals surface area contributed by atoms with Gasteiger partial charge in [-0.3, -0.25) is 4.79 Å². The first-order valence-corrected chi connectivity index (χ1v) is 7.14. The van der Waals surface area contributed by atoms with Crippen molar-refractivity contribution in [2.75, 3.05) is 13.1 Å². The van der Waals surface area contributed by atoms with E-state index >= 15 is 0 Å². The van der Waals surface area contributed by atoms with Gasteiger partial charge in [-0.05, 0) is 59.9 Å². The second-order valence-corrected chi connectivity index (χ2v) is 5.79. The predicted molar refractivity (Wildman–Crippen MR) is 73.7 cm³/mol. The van der Waals surface area contributed by atoms with Crippen LogP contribution < -0.4 is 5.32 Å². The molecule has 0 aliphatic carbocycles. The number of Topliss-reactive ketones (excluding diaryl/α,β-unsaturated/α-hetero) is 1. The van der Waals surface area contributed by atoms with Crippen LogP contribution in [0.15, 0.2) is 16.6 Å². The Kier molecular flexibility index (Phi) is 4.76. The van der Waals surface area contributed by atoms with E-state index in [0.717, 1.165) is 25.9 Å². The van der Waals surface area contributed by atoms with E-state index < -0.39 is 5.82 Å². The summed E-state index contributed by atoms with van der Waals surface area (Å²) in [5, 5.41) is 3.22. The fourth-order valence-corrected chi connectivity index (χ4v) is 2.68. The molecule has 2 rings (SSSR count). The summed E-state index contributed by atoms with van der Waals surface area (Å²) in [5.74, 6) is -0.497. The van der Waals surface area contributed by atoms with Gasteiger partial charge in [-0.2, -0.15) is 0 Å². The SMILES string of the molecule is O=C(CC1CCCNC1)c1ccc(Br)c(Cl)c1F. The Morgan fingerprint density at radius 2 is 2.33 bits per heavy atom. The molecule has 1 saturated heterocycles. The summed E-state index contributed by atoms with van der Waals surface area (Å²) in [6.45, 7) is 1.83. The number of ketones is 1. The van der Waals surface area contributed by atoms with Crippen molar-refractivity contribution < 1.29 is 9.18 Å². The molecule has 0 saturated carbocycles. The number of nitrogens with one attached hydrogen (secondary N) is 1. The molecule has 0 aromatic heterocycles. The highest BCUT2D eigenvalue weighted by atomic mass is 79.9. The second-order valence-electron chi connectivity index (χ2n) is 4.56. The van der Waals surface area contributed by atoms with Crippen LogP contribution in [0, 0.1) is 11.7 Å². The third-order valence-corrected chi connectivity index (χ3v) is 4.47. The average Bonchev–Trinajstić information content (AvgIpc) is 2.37. The molecule has 1 aliphatic rings. The Hall–Kier alpha value is -0.450. The van der Waals surface area contributed by atoms with Gasteiger partial charge in [-0.1, -0.05) is 11.6 Å². The van der Waals surface area contributed by atoms with Gasteiger partial charge in [0.1, 0.15) is 0 Å². The van der Waals surface area contributed by atoms with Crippen molar-refractivity contribution in [1.29, 1.82) is 0 Å². The zero-order chi connectivity index (χ0) is 13.1. The maximum Gasteiger partial charge on any atom is 0.166 e. The largest absolute Gasteiger partial charge is 0.316 e. The van der Waals surface area contributed by atoms with E-state index in [4.69, 9.17) is 11.6 Å². The van der Waals surface area contributed by atoms with Crippen LogP contribution in [0.2, 0.25) is 5.02 Å². The van der Waals surface area contributed by atoms with Crippen molar-refractivity contribution in [3.8, 4) is 0 Å². The first-order chi connectivity index (χ1) is 8.59. The van der Waals surface area contributed by atoms with Crippen molar-refractivity contribution >= 4 is 33.3 Å². The second kappa shape index (κ2) is 6.13. The normalized spacial score (nSPS) is 19.8. The summed E-state index contributed by atoms with van der Waals surface area (Å²) < 4.78 is 14.3. The Labute approximate surface area is 119 Å². The van der Waals surface area contributed by atoms with Gasteiger partial charge in [0.15, 0.2) is 11.6 Å². The lowest BCUT2D eigenvalue weighted by Gasteiger charge is -2.22. The third-order valence-electron chi connectivity index (χ3n) is 3.21. The van der Waals surface area contributed by atoms with E-state index in [-0.39, 0.29) is 16.4 Å². The Morgan fingerprint density at radius 1 is 1.56 bits per heavy atom. The van der Waals surface area contributed by atoms with E-state index in [9.17, 15) is 9.18 Å². The van der Waals surface area contributed by atoms with Crippen LogP contribution in [0.1, 0.15) is 29.6 Å². The van der Waals surface area contributed by atoms with Crippen LogP contribution in [0.5, 0.6) is 0 Å². The highest BCUT2D eigenvalue weighted by Crippen LogP contribution is 2.29. The van der Waals surface area contributed by atoms with Gasteiger partial charge < -0.3 is 5.32 Å². The molecule has 2 nitrogen and oxygen atoms in total. The minimum atomic E-state index is -0.625. The number of hydrogen-bond acceptors (Lipinski definition) is 2. The van der Waals surface area contributed by atoms with Crippen molar-refractivity contribution in [2.45, 2.75) is 19.3 Å². The molecular weight excluding hydrogens is 321 g/mol. The fourth-order valence-electron chi connectivity index (χ4n) is 2.21. The monoisotopic (exact) mass is 333 g/mol. The number of hydrogen-bond donors (Lipinski definition) is 1. The Balaban J connectivity index is 2.11. The van der Waals surface area contributed by atoms with Crippen molar-refractivity contribution in [3.05, 3.63) is 33.0 Å². The maximum atomic E-state index is 13.9. The summed E-state index contributed by atoms with van der Waals surface area (Å²) in [6.07, 6.45) is 2.47. The molecule has 0 radical (unpaired) electrons. The standard InChI is InChI=1S/C13H14BrClFNO/c14-10-4-3-9(13(16)12(10)15)11(18)6-8-2-1-5-17-7-8/h3-4,8,17H,1-2,5-7H2. The number of piperidine rings is 1. The molecule has 1 fully saturated rings.